The third-order valence-electron chi connectivity index (χ3n) is 3.04. The molecule has 0 bridgehead atoms. The van der Waals surface area contributed by atoms with Crippen molar-refractivity contribution in [1.82, 2.24) is 5.32 Å². The minimum atomic E-state index is -0.316. The van der Waals surface area contributed by atoms with Crippen molar-refractivity contribution in [2.75, 3.05) is 6.54 Å². The molecule has 1 unspecified atom stereocenters. The lowest BCUT2D eigenvalue weighted by Crippen LogP contribution is -2.34. The Morgan fingerprint density at radius 3 is 2.33 bits per heavy atom. The fourth-order valence-electron chi connectivity index (χ4n) is 2.13. The molecule has 0 aliphatic heterocycles. The molecule has 100 valence electrons. The van der Waals surface area contributed by atoms with Gasteiger partial charge in [0.2, 0.25) is 5.91 Å². The minimum Gasteiger partial charge on any atom is -0.369 e. The maximum atomic E-state index is 10.9. The zero-order valence-electron chi connectivity index (χ0n) is 11.6. The molecule has 0 aliphatic carbocycles. The van der Waals surface area contributed by atoms with E-state index in [4.69, 9.17) is 5.73 Å². The van der Waals surface area contributed by atoms with Crippen molar-refractivity contribution in [3.63, 3.8) is 0 Å². The number of hydrogen-bond acceptors (Lipinski definition) is 2. The molecular formula is C15H24N2O. The summed E-state index contributed by atoms with van der Waals surface area (Å²) in [7, 11) is 0. The highest BCUT2D eigenvalue weighted by Crippen LogP contribution is 2.22. The molecule has 1 aromatic carbocycles. The van der Waals surface area contributed by atoms with Crippen LogP contribution in [0, 0.1) is 5.92 Å². The summed E-state index contributed by atoms with van der Waals surface area (Å²) in [5, 5.41) is 3.21. The van der Waals surface area contributed by atoms with Gasteiger partial charge >= 0.3 is 0 Å². The Labute approximate surface area is 110 Å². The molecule has 0 spiro atoms. The second-order valence-electron chi connectivity index (χ2n) is 5.06. The second kappa shape index (κ2) is 7.17. The van der Waals surface area contributed by atoms with E-state index >= 15 is 0 Å². The average molecular weight is 248 g/mol. The number of nitrogens with one attached hydrogen (secondary N) is 1. The average Bonchev–Trinajstić information content (AvgIpc) is 2.31. The van der Waals surface area contributed by atoms with E-state index < -0.39 is 0 Å². The van der Waals surface area contributed by atoms with Crippen LogP contribution in [-0.4, -0.2) is 12.5 Å². The van der Waals surface area contributed by atoms with Crippen LogP contribution >= 0.6 is 0 Å². The smallest absolute Gasteiger partial charge is 0.231 e. The van der Waals surface area contributed by atoms with E-state index in [2.05, 4.69) is 50.4 Å². The standard InChI is InChI=1S/C15H24N2O/c1-4-5-12-6-8-13(9-7-12)15(11(2)3)17-10-14(16)18/h6-9,11,15,17H,4-5,10H2,1-3H3,(H2,16,18). The molecule has 0 saturated carbocycles. The van der Waals surface area contributed by atoms with Gasteiger partial charge < -0.3 is 11.1 Å². The topological polar surface area (TPSA) is 55.1 Å². The SMILES string of the molecule is CCCc1ccc(C(NCC(N)=O)C(C)C)cc1. The van der Waals surface area contributed by atoms with Crippen LogP contribution in [-0.2, 0) is 11.2 Å². The number of nitrogens with two attached hydrogens (primary N) is 1. The third-order valence-corrected chi connectivity index (χ3v) is 3.04. The summed E-state index contributed by atoms with van der Waals surface area (Å²) in [4.78, 5) is 10.9. The van der Waals surface area contributed by atoms with Crippen LogP contribution in [0.25, 0.3) is 0 Å². The van der Waals surface area contributed by atoms with E-state index in [9.17, 15) is 4.79 Å². The highest BCUT2D eigenvalue weighted by molar-refractivity contribution is 5.75. The molecule has 1 atom stereocenters. The highest BCUT2D eigenvalue weighted by Gasteiger charge is 2.15. The molecule has 0 radical (unpaired) electrons. The van der Waals surface area contributed by atoms with Crippen LogP contribution in [0.15, 0.2) is 24.3 Å². The third kappa shape index (κ3) is 4.49. The molecule has 3 nitrogen and oxygen atoms in total. The monoisotopic (exact) mass is 248 g/mol. The van der Waals surface area contributed by atoms with Gasteiger partial charge in [-0.1, -0.05) is 51.5 Å². The zero-order valence-corrected chi connectivity index (χ0v) is 11.6. The summed E-state index contributed by atoms with van der Waals surface area (Å²) in [6, 6.07) is 8.79. The molecule has 0 aromatic heterocycles. The van der Waals surface area contributed by atoms with Gasteiger partial charge in [0.1, 0.15) is 0 Å². The fourth-order valence-corrected chi connectivity index (χ4v) is 2.13. The highest BCUT2D eigenvalue weighted by atomic mass is 16.1. The lowest BCUT2D eigenvalue weighted by Gasteiger charge is -2.22. The molecule has 0 fully saturated rings. The van der Waals surface area contributed by atoms with Gasteiger partial charge in [0.25, 0.3) is 0 Å². The summed E-state index contributed by atoms with van der Waals surface area (Å²) in [5.41, 5.74) is 7.76. The van der Waals surface area contributed by atoms with Gasteiger partial charge in [-0.25, -0.2) is 0 Å². The first-order valence-corrected chi connectivity index (χ1v) is 6.65. The van der Waals surface area contributed by atoms with Gasteiger partial charge in [0, 0.05) is 6.04 Å². The van der Waals surface area contributed by atoms with Crippen LogP contribution in [0.4, 0.5) is 0 Å². The van der Waals surface area contributed by atoms with Crippen molar-refractivity contribution in [3.05, 3.63) is 35.4 Å². The van der Waals surface area contributed by atoms with E-state index in [1.54, 1.807) is 0 Å². The number of carbonyl (C=O) groups is 1. The maximum absolute atomic E-state index is 10.9. The summed E-state index contributed by atoms with van der Waals surface area (Å²) in [6.07, 6.45) is 2.27. The van der Waals surface area contributed by atoms with E-state index in [0.29, 0.717) is 5.92 Å². The first-order valence-electron chi connectivity index (χ1n) is 6.65. The molecule has 0 aliphatic rings. The van der Waals surface area contributed by atoms with E-state index in [1.165, 1.54) is 11.1 Å². The summed E-state index contributed by atoms with van der Waals surface area (Å²) >= 11 is 0. The van der Waals surface area contributed by atoms with Crippen molar-refractivity contribution in [2.24, 2.45) is 11.7 Å². The lowest BCUT2D eigenvalue weighted by molar-refractivity contribution is -0.117. The minimum absolute atomic E-state index is 0.174. The number of rotatable bonds is 7. The van der Waals surface area contributed by atoms with Crippen LogP contribution in [0.2, 0.25) is 0 Å². The second-order valence-corrected chi connectivity index (χ2v) is 5.06. The number of amides is 1. The van der Waals surface area contributed by atoms with Gasteiger partial charge in [-0.05, 0) is 23.5 Å². The van der Waals surface area contributed by atoms with Crippen molar-refractivity contribution in [1.29, 1.82) is 0 Å². The Morgan fingerprint density at radius 1 is 1.28 bits per heavy atom. The van der Waals surface area contributed by atoms with Crippen LogP contribution in [0.5, 0.6) is 0 Å². The number of primary amides is 1. The van der Waals surface area contributed by atoms with Crippen molar-refractivity contribution in [2.45, 2.75) is 39.7 Å². The van der Waals surface area contributed by atoms with Crippen molar-refractivity contribution < 1.29 is 4.79 Å². The number of aryl methyl sites for hydroxylation is 1. The van der Waals surface area contributed by atoms with Crippen LogP contribution in [0.1, 0.15) is 44.4 Å². The van der Waals surface area contributed by atoms with Gasteiger partial charge in [0.05, 0.1) is 6.54 Å². The normalized spacial score (nSPS) is 12.7. The molecule has 1 rings (SSSR count). The molecule has 3 heteroatoms. The molecule has 18 heavy (non-hydrogen) atoms. The zero-order chi connectivity index (χ0) is 13.5. The largest absolute Gasteiger partial charge is 0.369 e. The molecule has 0 saturated heterocycles. The van der Waals surface area contributed by atoms with E-state index in [-0.39, 0.29) is 18.5 Å². The van der Waals surface area contributed by atoms with E-state index in [0.717, 1.165) is 12.8 Å². The summed E-state index contributed by atoms with van der Waals surface area (Å²) in [5.74, 6) is 0.102. The molecule has 0 heterocycles. The Hall–Kier alpha value is -1.35. The number of benzene rings is 1. The maximum Gasteiger partial charge on any atom is 0.231 e. The molecule has 1 aromatic rings. The van der Waals surface area contributed by atoms with Crippen molar-refractivity contribution >= 4 is 5.91 Å². The molecular weight excluding hydrogens is 224 g/mol. The fraction of sp³-hybridized carbons (Fsp3) is 0.533. The predicted octanol–water partition coefficient (Wildman–Crippen LogP) is 2.41. The Kier molecular flexibility index (Phi) is 5.86. The van der Waals surface area contributed by atoms with E-state index in [1.807, 2.05) is 0 Å². The predicted molar refractivity (Wildman–Crippen MR) is 75.2 cm³/mol. The molecule has 3 N–H and O–H groups in total. The first kappa shape index (κ1) is 14.7. The quantitative estimate of drug-likeness (QED) is 0.778. The summed E-state index contributed by atoms with van der Waals surface area (Å²) < 4.78 is 0. The summed E-state index contributed by atoms with van der Waals surface area (Å²) in [6.45, 7) is 6.68. The van der Waals surface area contributed by atoms with Gasteiger partial charge in [-0.2, -0.15) is 0 Å². The Balaban J connectivity index is 2.75. The van der Waals surface area contributed by atoms with Gasteiger partial charge in [0.15, 0.2) is 0 Å². The van der Waals surface area contributed by atoms with Crippen molar-refractivity contribution in [3.8, 4) is 0 Å². The Bertz CT molecular complexity index is 371. The molecule has 1 amide bonds. The number of carbonyl (C=O) groups excluding carboxylic acids is 1. The Morgan fingerprint density at radius 2 is 1.89 bits per heavy atom. The van der Waals surface area contributed by atoms with Crippen LogP contribution in [0.3, 0.4) is 0 Å². The lowest BCUT2D eigenvalue weighted by atomic mass is 9.94. The first-order chi connectivity index (χ1) is 8.54. The number of hydrogen-bond donors (Lipinski definition) is 2. The van der Waals surface area contributed by atoms with Gasteiger partial charge in [-0.3, -0.25) is 4.79 Å². The van der Waals surface area contributed by atoms with Crippen LogP contribution < -0.4 is 11.1 Å². The van der Waals surface area contributed by atoms with Gasteiger partial charge in [-0.15, -0.1) is 0 Å².